The summed E-state index contributed by atoms with van der Waals surface area (Å²) in [6, 6.07) is 23.4. The smallest absolute Gasteiger partial charge is 0.293 e. The summed E-state index contributed by atoms with van der Waals surface area (Å²) in [5.41, 5.74) is 2.25. The average Bonchev–Trinajstić information content (AvgIpc) is 3.16. The highest BCUT2D eigenvalue weighted by molar-refractivity contribution is 9.10. The van der Waals surface area contributed by atoms with E-state index in [2.05, 4.69) is 15.9 Å². The minimum Gasteiger partial charge on any atom is -0.493 e. The lowest BCUT2D eigenvalue weighted by Gasteiger charge is -2.14. The van der Waals surface area contributed by atoms with Gasteiger partial charge >= 0.3 is 0 Å². The van der Waals surface area contributed by atoms with Crippen molar-refractivity contribution >= 4 is 55.7 Å². The van der Waals surface area contributed by atoms with Gasteiger partial charge < -0.3 is 9.47 Å². The molecule has 1 saturated heterocycles. The third-order valence-electron chi connectivity index (χ3n) is 5.93. The molecule has 0 atom stereocenters. The van der Waals surface area contributed by atoms with E-state index in [-0.39, 0.29) is 30.1 Å². The number of carbonyl (C=O) groups is 2. The lowest BCUT2D eigenvalue weighted by atomic mass is 10.0. The number of amides is 2. The summed E-state index contributed by atoms with van der Waals surface area (Å²) in [7, 11) is 1.51. The predicted molar refractivity (Wildman–Crippen MR) is 147 cm³/mol. The van der Waals surface area contributed by atoms with Crippen LogP contribution in [0.1, 0.15) is 16.7 Å². The molecule has 0 radical (unpaired) electrons. The maximum Gasteiger partial charge on any atom is 0.293 e. The van der Waals surface area contributed by atoms with Gasteiger partial charge in [0.05, 0.1) is 18.6 Å². The zero-order chi connectivity index (χ0) is 25.9. The molecule has 5 nitrogen and oxygen atoms in total. The van der Waals surface area contributed by atoms with Crippen LogP contribution in [0.25, 0.3) is 16.8 Å². The van der Waals surface area contributed by atoms with Gasteiger partial charge in [0.25, 0.3) is 11.1 Å². The lowest BCUT2D eigenvalue weighted by Crippen LogP contribution is -2.27. The van der Waals surface area contributed by atoms with Gasteiger partial charge in [0.2, 0.25) is 0 Å². The molecule has 8 heteroatoms. The van der Waals surface area contributed by atoms with E-state index < -0.39 is 0 Å². The van der Waals surface area contributed by atoms with Crippen molar-refractivity contribution in [1.29, 1.82) is 0 Å². The average molecular weight is 578 g/mol. The number of ether oxygens (including phenoxy) is 2. The Morgan fingerprint density at radius 3 is 2.57 bits per heavy atom. The van der Waals surface area contributed by atoms with E-state index in [1.165, 1.54) is 24.1 Å². The van der Waals surface area contributed by atoms with Crippen LogP contribution >= 0.6 is 27.7 Å². The van der Waals surface area contributed by atoms with Crippen LogP contribution in [0.4, 0.5) is 9.18 Å². The largest absolute Gasteiger partial charge is 0.493 e. The Morgan fingerprint density at radius 2 is 1.76 bits per heavy atom. The summed E-state index contributed by atoms with van der Waals surface area (Å²) >= 11 is 4.43. The highest BCUT2D eigenvalue weighted by Gasteiger charge is 2.35. The van der Waals surface area contributed by atoms with E-state index in [4.69, 9.17) is 9.47 Å². The number of benzene rings is 4. The van der Waals surface area contributed by atoms with Crippen LogP contribution < -0.4 is 9.47 Å². The molecule has 1 aliphatic rings. The van der Waals surface area contributed by atoms with Crippen LogP contribution in [0.5, 0.6) is 11.5 Å². The second-order valence-corrected chi connectivity index (χ2v) is 10.2. The minimum atomic E-state index is -0.347. The number of imide groups is 1. The van der Waals surface area contributed by atoms with Crippen LogP contribution in [0, 0.1) is 5.82 Å². The Kier molecular flexibility index (Phi) is 7.30. The van der Waals surface area contributed by atoms with Gasteiger partial charge in [-0.1, -0.05) is 70.5 Å². The van der Waals surface area contributed by atoms with Crippen molar-refractivity contribution < 1.29 is 23.5 Å². The Morgan fingerprint density at radius 1 is 0.973 bits per heavy atom. The molecular formula is C29H21BrFNO4S. The monoisotopic (exact) mass is 577 g/mol. The van der Waals surface area contributed by atoms with Crippen molar-refractivity contribution in [1.82, 2.24) is 4.90 Å². The summed E-state index contributed by atoms with van der Waals surface area (Å²) in [5, 5.41) is 1.75. The zero-order valence-electron chi connectivity index (χ0n) is 19.7. The first-order chi connectivity index (χ1) is 17.9. The molecular weight excluding hydrogens is 557 g/mol. The Bertz CT molecular complexity index is 1550. The molecule has 0 N–H and O–H groups in total. The summed E-state index contributed by atoms with van der Waals surface area (Å²) < 4.78 is 25.5. The van der Waals surface area contributed by atoms with Gasteiger partial charge in [0.1, 0.15) is 12.4 Å². The summed E-state index contributed by atoms with van der Waals surface area (Å²) in [4.78, 5) is 27.6. The molecule has 0 aliphatic carbocycles. The SMILES string of the molecule is COc1cc(/C=C2/SC(=O)N(Cc3cccc4ccccc34)C2=O)c(Br)cc1OCc1cccc(F)c1. The number of hydrogen-bond donors (Lipinski definition) is 0. The van der Waals surface area contributed by atoms with Gasteiger partial charge in [0, 0.05) is 4.47 Å². The van der Waals surface area contributed by atoms with Crippen LogP contribution in [0.2, 0.25) is 0 Å². The molecule has 0 aromatic heterocycles. The molecule has 5 rings (SSSR count). The summed E-state index contributed by atoms with van der Waals surface area (Å²) in [5.74, 6) is 0.222. The fourth-order valence-electron chi connectivity index (χ4n) is 4.10. The van der Waals surface area contributed by atoms with E-state index in [1.54, 1.807) is 30.3 Å². The standard InChI is InChI=1S/C29H21BrFNO4S/c1-35-25-13-21(24(30)15-26(25)36-17-18-6-4-10-22(31)12-18)14-27-28(33)32(29(34)37-27)16-20-9-5-8-19-7-2-3-11-23(19)20/h2-15H,16-17H2,1H3/b27-14+. The number of thioether (sulfide) groups is 1. The molecule has 0 bridgehead atoms. The molecule has 4 aromatic carbocycles. The van der Waals surface area contributed by atoms with Crippen molar-refractivity contribution in [2.24, 2.45) is 0 Å². The third kappa shape index (κ3) is 5.40. The Labute approximate surface area is 226 Å². The van der Waals surface area contributed by atoms with Gasteiger partial charge in [-0.15, -0.1) is 0 Å². The number of rotatable bonds is 7. The van der Waals surface area contributed by atoms with Crippen molar-refractivity contribution in [3.8, 4) is 11.5 Å². The number of halogens is 2. The molecule has 186 valence electrons. The van der Waals surface area contributed by atoms with Gasteiger partial charge in [-0.25, -0.2) is 4.39 Å². The third-order valence-corrected chi connectivity index (χ3v) is 7.53. The van der Waals surface area contributed by atoms with Crippen molar-refractivity contribution in [2.75, 3.05) is 7.11 Å². The maximum atomic E-state index is 13.5. The van der Waals surface area contributed by atoms with Gasteiger partial charge in [-0.3, -0.25) is 14.5 Å². The number of carbonyl (C=O) groups excluding carboxylic acids is 2. The summed E-state index contributed by atoms with van der Waals surface area (Å²) in [6.07, 6.45) is 1.66. The van der Waals surface area contributed by atoms with E-state index in [9.17, 15) is 14.0 Å². The van der Waals surface area contributed by atoms with Crippen LogP contribution in [0.3, 0.4) is 0 Å². The predicted octanol–water partition coefficient (Wildman–Crippen LogP) is 7.57. The summed E-state index contributed by atoms with van der Waals surface area (Å²) in [6.45, 7) is 0.355. The molecule has 4 aromatic rings. The van der Waals surface area contributed by atoms with Crippen molar-refractivity contribution in [3.05, 3.63) is 111 Å². The first-order valence-corrected chi connectivity index (χ1v) is 13.0. The lowest BCUT2D eigenvalue weighted by molar-refractivity contribution is -0.123. The van der Waals surface area contributed by atoms with Crippen LogP contribution in [0.15, 0.2) is 88.2 Å². The van der Waals surface area contributed by atoms with Crippen LogP contribution in [-0.4, -0.2) is 23.2 Å². The van der Waals surface area contributed by atoms with E-state index in [0.29, 0.717) is 32.0 Å². The molecule has 0 saturated carbocycles. The molecule has 1 aliphatic heterocycles. The first kappa shape index (κ1) is 25.0. The molecule has 0 unspecified atom stereocenters. The van der Waals surface area contributed by atoms with Crippen molar-refractivity contribution in [3.63, 3.8) is 0 Å². The van der Waals surface area contributed by atoms with Crippen molar-refractivity contribution in [2.45, 2.75) is 13.2 Å². The van der Waals surface area contributed by atoms with E-state index in [0.717, 1.165) is 28.1 Å². The topological polar surface area (TPSA) is 55.8 Å². The van der Waals surface area contributed by atoms with E-state index >= 15 is 0 Å². The molecule has 1 fully saturated rings. The molecule has 0 spiro atoms. The van der Waals surface area contributed by atoms with Gasteiger partial charge in [0.15, 0.2) is 11.5 Å². The molecule has 37 heavy (non-hydrogen) atoms. The van der Waals surface area contributed by atoms with E-state index in [1.807, 2.05) is 42.5 Å². The van der Waals surface area contributed by atoms with Crippen LogP contribution in [-0.2, 0) is 17.9 Å². The normalized spacial score (nSPS) is 14.6. The Hall–Kier alpha value is -3.62. The number of hydrogen-bond acceptors (Lipinski definition) is 5. The zero-order valence-corrected chi connectivity index (χ0v) is 22.1. The second kappa shape index (κ2) is 10.8. The van der Waals surface area contributed by atoms with Gasteiger partial charge in [-0.2, -0.15) is 0 Å². The quantitative estimate of drug-likeness (QED) is 0.212. The first-order valence-electron chi connectivity index (χ1n) is 11.4. The fourth-order valence-corrected chi connectivity index (χ4v) is 5.37. The minimum absolute atomic E-state index is 0.160. The fraction of sp³-hybridized carbons (Fsp3) is 0.103. The number of nitrogens with zero attached hydrogens (tertiary/aromatic N) is 1. The molecule has 2 amide bonds. The Balaban J connectivity index is 1.37. The number of fused-ring (bicyclic) bond motifs is 1. The highest BCUT2D eigenvalue weighted by atomic mass is 79.9. The second-order valence-electron chi connectivity index (χ2n) is 8.35. The molecule has 1 heterocycles. The maximum absolute atomic E-state index is 13.5. The highest BCUT2D eigenvalue weighted by Crippen LogP contribution is 2.39. The number of methoxy groups -OCH3 is 1. The van der Waals surface area contributed by atoms with Gasteiger partial charge in [-0.05, 0) is 69.6 Å².